The van der Waals surface area contributed by atoms with Gasteiger partial charge in [0.25, 0.3) is 5.56 Å². The molecule has 0 atom stereocenters. The minimum atomic E-state index is -1.17. The second-order valence-electron chi connectivity index (χ2n) is 7.58. The van der Waals surface area contributed by atoms with Crippen LogP contribution >= 0.6 is 11.3 Å². The Labute approximate surface area is 181 Å². The molecule has 7 nitrogen and oxygen atoms in total. The third-order valence-corrected chi connectivity index (χ3v) is 6.39. The van der Waals surface area contributed by atoms with Crippen molar-refractivity contribution in [1.82, 2.24) is 14.1 Å². The summed E-state index contributed by atoms with van der Waals surface area (Å²) in [5.41, 5.74) is 1.67. The number of carbonyl (C=O) groups is 1. The maximum absolute atomic E-state index is 12.8. The van der Waals surface area contributed by atoms with E-state index in [1.165, 1.54) is 23.0 Å². The Morgan fingerprint density at radius 3 is 2.42 bits per heavy atom. The molecule has 0 aliphatic carbocycles. The first kappa shape index (κ1) is 20.7. The summed E-state index contributed by atoms with van der Waals surface area (Å²) in [4.78, 5) is 42.9. The van der Waals surface area contributed by atoms with E-state index in [0.29, 0.717) is 16.1 Å². The third-order valence-electron chi connectivity index (χ3n) is 5.20. The monoisotopic (exact) mass is 435 g/mol. The van der Waals surface area contributed by atoms with E-state index >= 15 is 0 Å². The van der Waals surface area contributed by atoms with Crippen LogP contribution in [0.25, 0.3) is 21.5 Å². The van der Waals surface area contributed by atoms with Gasteiger partial charge < -0.3 is 5.11 Å². The molecule has 0 saturated heterocycles. The van der Waals surface area contributed by atoms with E-state index in [1.54, 1.807) is 6.20 Å². The van der Waals surface area contributed by atoms with Gasteiger partial charge in [-0.2, -0.15) is 0 Å². The fraction of sp³-hybridized carbons (Fsp3) is 0.217. The number of hydrogen-bond acceptors (Lipinski definition) is 5. The van der Waals surface area contributed by atoms with Crippen LogP contribution in [-0.2, 0) is 13.5 Å². The summed E-state index contributed by atoms with van der Waals surface area (Å²) in [7, 11) is 1.38. The molecule has 0 fully saturated rings. The number of thiophene rings is 1. The number of carboxylic acids is 1. The van der Waals surface area contributed by atoms with Gasteiger partial charge >= 0.3 is 11.7 Å². The highest BCUT2D eigenvalue weighted by Crippen LogP contribution is 2.32. The van der Waals surface area contributed by atoms with E-state index in [1.807, 2.05) is 56.3 Å². The van der Waals surface area contributed by atoms with Crippen LogP contribution in [0.3, 0.4) is 0 Å². The zero-order chi connectivity index (χ0) is 22.3. The Morgan fingerprint density at radius 1 is 1.13 bits per heavy atom. The van der Waals surface area contributed by atoms with Crippen LogP contribution < -0.4 is 11.2 Å². The number of aromatic carboxylic acids is 1. The van der Waals surface area contributed by atoms with Gasteiger partial charge in [-0.05, 0) is 31.5 Å². The molecule has 1 aromatic carbocycles. The van der Waals surface area contributed by atoms with Gasteiger partial charge in [-0.3, -0.25) is 18.9 Å². The van der Waals surface area contributed by atoms with Crippen molar-refractivity contribution < 1.29 is 9.90 Å². The molecule has 4 rings (SSSR count). The van der Waals surface area contributed by atoms with Crippen LogP contribution in [0.2, 0.25) is 0 Å². The van der Waals surface area contributed by atoms with E-state index in [-0.39, 0.29) is 17.0 Å². The van der Waals surface area contributed by atoms with Gasteiger partial charge in [-0.15, -0.1) is 11.3 Å². The lowest BCUT2D eigenvalue weighted by molar-refractivity contribution is 0.0698. The van der Waals surface area contributed by atoms with Crippen LogP contribution in [0.1, 0.15) is 40.7 Å². The lowest BCUT2D eigenvalue weighted by Crippen LogP contribution is -2.38. The number of aromatic nitrogens is 3. The minimum Gasteiger partial charge on any atom is -0.478 e. The zero-order valence-corrected chi connectivity index (χ0v) is 18.1. The molecule has 0 bridgehead atoms. The standard InChI is InChI=1S/C23H21N3O4S/c1-13(2)26-21-19(20(27)25(3)23(26)30)18(22(28)29)17(31-21)12-14-7-9-15(10-8-14)16-6-4-5-11-24-16/h4-11,13H,12H2,1-3H3,(H,28,29). The predicted molar refractivity (Wildman–Crippen MR) is 121 cm³/mol. The van der Waals surface area contributed by atoms with Gasteiger partial charge in [0.1, 0.15) is 4.83 Å². The highest BCUT2D eigenvalue weighted by molar-refractivity contribution is 7.19. The molecule has 0 radical (unpaired) electrons. The molecule has 0 aliphatic heterocycles. The van der Waals surface area contributed by atoms with Crippen molar-refractivity contribution in [1.29, 1.82) is 0 Å². The van der Waals surface area contributed by atoms with E-state index in [0.717, 1.165) is 21.4 Å². The van der Waals surface area contributed by atoms with Gasteiger partial charge in [-0.25, -0.2) is 9.59 Å². The number of carboxylic acid groups (broad SMARTS) is 1. The Balaban J connectivity index is 1.85. The van der Waals surface area contributed by atoms with E-state index in [2.05, 4.69) is 4.98 Å². The van der Waals surface area contributed by atoms with Crippen molar-refractivity contribution >= 4 is 27.5 Å². The number of pyridine rings is 1. The van der Waals surface area contributed by atoms with Crippen LogP contribution in [0.4, 0.5) is 0 Å². The van der Waals surface area contributed by atoms with Crippen molar-refractivity contribution in [2.24, 2.45) is 7.05 Å². The van der Waals surface area contributed by atoms with E-state index in [4.69, 9.17) is 0 Å². The van der Waals surface area contributed by atoms with Crippen molar-refractivity contribution in [3.8, 4) is 11.3 Å². The molecule has 4 aromatic rings. The number of fused-ring (bicyclic) bond motifs is 1. The molecule has 8 heteroatoms. The summed E-state index contributed by atoms with van der Waals surface area (Å²) in [6.07, 6.45) is 2.08. The predicted octanol–water partition coefficient (Wildman–Crippen LogP) is 3.69. The molecule has 0 unspecified atom stereocenters. The first-order chi connectivity index (χ1) is 14.8. The Morgan fingerprint density at radius 2 is 1.84 bits per heavy atom. The molecule has 1 N–H and O–H groups in total. The van der Waals surface area contributed by atoms with Gasteiger partial charge in [0, 0.05) is 36.1 Å². The summed E-state index contributed by atoms with van der Waals surface area (Å²) in [6.45, 7) is 3.67. The second-order valence-corrected chi connectivity index (χ2v) is 8.67. The SMILES string of the molecule is CC(C)n1c(=O)n(C)c(=O)c2c(C(=O)O)c(Cc3ccc(-c4ccccn4)cc3)sc21. The average molecular weight is 436 g/mol. The summed E-state index contributed by atoms with van der Waals surface area (Å²) in [5, 5.41) is 9.99. The summed E-state index contributed by atoms with van der Waals surface area (Å²) in [5.74, 6) is -1.17. The highest BCUT2D eigenvalue weighted by Gasteiger charge is 2.26. The molecule has 158 valence electrons. The number of benzene rings is 1. The molecule has 0 aliphatic rings. The van der Waals surface area contributed by atoms with Crippen LogP contribution in [-0.4, -0.2) is 25.2 Å². The molecule has 3 heterocycles. The third kappa shape index (κ3) is 3.59. The first-order valence-corrected chi connectivity index (χ1v) is 10.6. The van der Waals surface area contributed by atoms with Crippen molar-refractivity contribution in [3.63, 3.8) is 0 Å². The summed E-state index contributed by atoms with van der Waals surface area (Å²) < 4.78 is 2.47. The van der Waals surface area contributed by atoms with Gasteiger partial charge in [-0.1, -0.05) is 30.3 Å². The highest BCUT2D eigenvalue weighted by atomic mass is 32.1. The van der Waals surface area contributed by atoms with Crippen molar-refractivity contribution in [2.45, 2.75) is 26.3 Å². The number of hydrogen-bond donors (Lipinski definition) is 1. The Kier molecular flexibility index (Phi) is 5.32. The average Bonchev–Trinajstić information content (AvgIpc) is 3.12. The number of nitrogens with zero attached hydrogens (tertiary/aromatic N) is 3. The van der Waals surface area contributed by atoms with Gasteiger partial charge in [0.2, 0.25) is 0 Å². The van der Waals surface area contributed by atoms with Crippen LogP contribution in [0.5, 0.6) is 0 Å². The molecule has 0 spiro atoms. The Bertz CT molecular complexity index is 1400. The smallest absolute Gasteiger partial charge is 0.337 e. The van der Waals surface area contributed by atoms with Gasteiger partial charge in [0.15, 0.2) is 0 Å². The molecule has 0 saturated carbocycles. The van der Waals surface area contributed by atoms with E-state index < -0.39 is 17.2 Å². The molecular formula is C23H21N3O4S. The molecule has 0 amide bonds. The first-order valence-electron chi connectivity index (χ1n) is 9.80. The lowest BCUT2D eigenvalue weighted by Gasteiger charge is -2.12. The topological polar surface area (TPSA) is 94.2 Å². The van der Waals surface area contributed by atoms with Gasteiger partial charge in [0.05, 0.1) is 16.6 Å². The van der Waals surface area contributed by atoms with E-state index in [9.17, 15) is 19.5 Å². The maximum atomic E-state index is 12.8. The second kappa shape index (κ2) is 7.96. The summed E-state index contributed by atoms with van der Waals surface area (Å²) in [6, 6.07) is 13.2. The molecule has 3 aromatic heterocycles. The van der Waals surface area contributed by atoms with Crippen molar-refractivity contribution in [2.75, 3.05) is 0 Å². The molecular weight excluding hydrogens is 414 g/mol. The number of rotatable bonds is 5. The van der Waals surface area contributed by atoms with Crippen LogP contribution in [0, 0.1) is 0 Å². The minimum absolute atomic E-state index is 0.0243. The largest absolute Gasteiger partial charge is 0.478 e. The quantitative estimate of drug-likeness (QED) is 0.516. The lowest BCUT2D eigenvalue weighted by atomic mass is 10.0. The van der Waals surface area contributed by atoms with Crippen molar-refractivity contribution in [3.05, 3.63) is 85.5 Å². The fourth-order valence-electron chi connectivity index (χ4n) is 3.65. The normalized spacial score (nSPS) is 11.4. The molecule has 31 heavy (non-hydrogen) atoms. The maximum Gasteiger partial charge on any atom is 0.337 e. The summed E-state index contributed by atoms with van der Waals surface area (Å²) >= 11 is 1.20. The van der Waals surface area contributed by atoms with Crippen LogP contribution in [0.15, 0.2) is 58.3 Å². The fourth-order valence-corrected chi connectivity index (χ4v) is 5.10. The Hall–Kier alpha value is -3.52. The zero-order valence-electron chi connectivity index (χ0n) is 17.3.